The predicted octanol–water partition coefficient (Wildman–Crippen LogP) is 4.05. The van der Waals surface area contributed by atoms with E-state index in [9.17, 15) is 4.79 Å². The highest BCUT2D eigenvalue weighted by molar-refractivity contribution is 5.94. The first-order valence-electron chi connectivity index (χ1n) is 8.84. The van der Waals surface area contributed by atoms with Gasteiger partial charge in [-0.05, 0) is 43.2 Å². The Bertz CT molecular complexity index is 944. The lowest BCUT2D eigenvalue weighted by Crippen LogP contribution is -2.24. The molecule has 2 aromatic carbocycles. The van der Waals surface area contributed by atoms with Crippen LogP contribution in [0.25, 0.3) is 5.69 Å². The van der Waals surface area contributed by atoms with Gasteiger partial charge in [0, 0.05) is 17.9 Å². The Kier molecular flexibility index (Phi) is 4.21. The van der Waals surface area contributed by atoms with Gasteiger partial charge in [-0.1, -0.05) is 30.3 Å². The quantitative estimate of drug-likeness (QED) is 0.774. The smallest absolute Gasteiger partial charge is 0.226 e. The van der Waals surface area contributed by atoms with E-state index in [1.807, 2.05) is 73.3 Å². The molecule has 0 radical (unpaired) electrons. The highest BCUT2D eigenvalue weighted by Gasteiger charge is 2.30. The number of carbonyl (C=O) groups excluding carboxylic acids is 1. The van der Waals surface area contributed by atoms with Crippen LogP contribution in [0.4, 0.5) is 5.82 Å². The largest absolute Gasteiger partial charge is 0.494 e. The fraction of sp³-hybridized carbons (Fsp3) is 0.238. The highest BCUT2D eigenvalue weighted by Crippen LogP contribution is 2.38. The van der Waals surface area contributed by atoms with Crippen LogP contribution in [-0.4, -0.2) is 22.3 Å². The molecule has 2 heterocycles. The average molecular weight is 347 g/mol. The summed E-state index contributed by atoms with van der Waals surface area (Å²) >= 11 is 0. The standard InChI is InChI=1S/C21H21N3O2/c1-3-26-16-10-8-15(9-11-16)17-12-20(25)23-21-18(17)13-22-24(21)19-7-5-4-6-14(19)2/h4-11,13,17H,3,12H2,1-2H3,(H,23,25). The third kappa shape index (κ3) is 2.86. The molecule has 132 valence electrons. The molecule has 1 aliphatic heterocycles. The molecule has 0 saturated heterocycles. The van der Waals surface area contributed by atoms with Gasteiger partial charge in [0.15, 0.2) is 0 Å². The van der Waals surface area contributed by atoms with Crippen molar-refractivity contribution in [2.24, 2.45) is 0 Å². The van der Waals surface area contributed by atoms with Gasteiger partial charge >= 0.3 is 0 Å². The Morgan fingerprint density at radius 2 is 1.96 bits per heavy atom. The van der Waals surface area contributed by atoms with E-state index in [0.717, 1.165) is 33.9 Å². The van der Waals surface area contributed by atoms with Crippen molar-refractivity contribution in [3.05, 3.63) is 71.4 Å². The minimum absolute atomic E-state index is 0.00622. The second kappa shape index (κ2) is 6.67. The van der Waals surface area contributed by atoms with Gasteiger partial charge in [0.25, 0.3) is 0 Å². The lowest BCUT2D eigenvalue weighted by atomic mass is 9.87. The molecule has 5 nitrogen and oxygen atoms in total. The van der Waals surface area contributed by atoms with Crippen molar-refractivity contribution in [1.82, 2.24) is 9.78 Å². The van der Waals surface area contributed by atoms with E-state index in [2.05, 4.69) is 10.4 Å². The van der Waals surface area contributed by atoms with E-state index >= 15 is 0 Å². The van der Waals surface area contributed by atoms with E-state index in [0.29, 0.717) is 13.0 Å². The van der Waals surface area contributed by atoms with Crippen LogP contribution in [0.1, 0.15) is 36.0 Å². The van der Waals surface area contributed by atoms with Gasteiger partial charge in [0.05, 0.1) is 18.5 Å². The fourth-order valence-electron chi connectivity index (χ4n) is 3.46. The average Bonchev–Trinajstić information content (AvgIpc) is 3.06. The Labute approximate surface area is 152 Å². The molecule has 1 amide bonds. The molecule has 26 heavy (non-hydrogen) atoms. The molecular formula is C21H21N3O2. The molecule has 1 N–H and O–H groups in total. The molecule has 4 rings (SSSR count). The molecule has 0 aliphatic carbocycles. The Balaban J connectivity index is 1.75. The number of aromatic nitrogens is 2. The number of para-hydroxylation sites is 1. The fourth-order valence-corrected chi connectivity index (χ4v) is 3.46. The molecule has 5 heteroatoms. The van der Waals surface area contributed by atoms with Crippen LogP contribution >= 0.6 is 0 Å². The molecule has 1 aromatic heterocycles. The zero-order valence-corrected chi connectivity index (χ0v) is 14.9. The zero-order valence-electron chi connectivity index (χ0n) is 14.9. The number of anilines is 1. The Morgan fingerprint density at radius 1 is 1.19 bits per heavy atom. The molecule has 0 spiro atoms. The Hall–Kier alpha value is -3.08. The van der Waals surface area contributed by atoms with Crippen LogP contribution in [0, 0.1) is 6.92 Å². The first-order chi connectivity index (χ1) is 12.7. The van der Waals surface area contributed by atoms with E-state index in [-0.39, 0.29) is 11.8 Å². The van der Waals surface area contributed by atoms with Crippen LogP contribution in [0.2, 0.25) is 0 Å². The van der Waals surface area contributed by atoms with Crippen molar-refractivity contribution in [2.75, 3.05) is 11.9 Å². The highest BCUT2D eigenvalue weighted by atomic mass is 16.5. The number of carbonyl (C=O) groups is 1. The topological polar surface area (TPSA) is 56.1 Å². The minimum atomic E-state index is -0.00723. The SMILES string of the molecule is CCOc1ccc(C2CC(=O)Nc3c2cnn3-c2ccccc2C)cc1. The van der Waals surface area contributed by atoms with Crippen molar-refractivity contribution in [3.8, 4) is 11.4 Å². The number of rotatable bonds is 4. The van der Waals surface area contributed by atoms with Crippen LogP contribution in [0.15, 0.2) is 54.7 Å². The van der Waals surface area contributed by atoms with Gasteiger partial charge in [-0.2, -0.15) is 5.10 Å². The zero-order chi connectivity index (χ0) is 18.1. The maximum Gasteiger partial charge on any atom is 0.226 e. The minimum Gasteiger partial charge on any atom is -0.494 e. The lowest BCUT2D eigenvalue weighted by molar-refractivity contribution is -0.116. The van der Waals surface area contributed by atoms with E-state index in [1.165, 1.54) is 0 Å². The molecule has 0 fully saturated rings. The van der Waals surface area contributed by atoms with Crippen molar-refractivity contribution in [3.63, 3.8) is 0 Å². The molecule has 1 aliphatic rings. The van der Waals surface area contributed by atoms with Crippen molar-refractivity contribution in [2.45, 2.75) is 26.2 Å². The van der Waals surface area contributed by atoms with Crippen molar-refractivity contribution in [1.29, 1.82) is 0 Å². The van der Waals surface area contributed by atoms with Gasteiger partial charge in [-0.15, -0.1) is 0 Å². The number of fused-ring (bicyclic) bond motifs is 1. The third-order valence-electron chi connectivity index (χ3n) is 4.76. The second-order valence-corrected chi connectivity index (χ2v) is 6.45. The van der Waals surface area contributed by atoms with E-state index in [4.69, 9.17) is 4.74 Å². The maximum absolute atomic E-state index is 12.4. The maximum atomic E-state index is 12.4. The molecule has 0 saturated carbocycles. The third-order valence-corrected chi connectivity index (χ3v) is 4.76. The second-order valence-electron chi connectivity index (χ2n) is 6.45. The number of hydrogen-bond donors (Lipinski definition) is 1. The number of benzene rings is 2. The number of nitrogens with zero attached hydrogens (tertiary/aromatic N) is 2. The van der Waals surface area contributed by atoms with Crippen LogP contribution in [-0.2, 0) is 4.79 Å². The predicted molar refractivity (Wildman–Crippen MR) is 101 cm³/mol. The normalized spacial score (nSPS) is 16.1. The van der Waals surface area contributed by atoms with Crippen molar-refractivity contribution < 1.29 is 9.53 Å². The molecule has 3 aromatic rings. The van der Waals surface area contributed by atoms with Crippen LogP contribution in [0.5, 0.6) is 5.75 Å². The molecule has 1 atom stereocenters. The molecule has 0 bridgehead atoms. The number of amides is 1. The summed E-state index contributed by atoms with van der Waals surface area (Å²) < 4.78 is 7.34. The van der Waals surface area contributed by atoms with Gasteiger partial charge in [0.2, 0.25) is 5.91 Å². The van der Waals surface area contributed by atoms with Gasteiger partial charge in [-0.3, -0.25) is 4.79 Å². The monoisotopic (exact) mass is 347 g/mol. The number of hydrogen-bond acceptors (Lipinski definition) is 3. The molecular weight excluding hydrogens is 326 g/mol. The van der Waals surface area contributed by atoms with Crippen LogP contribution < -0.4 is 10.1 Å². The first kappa shape index (κ1) is 16.4. The number of ether oxygens (including phenoxy) is 1. The summed E-state index contributed by atoms with van der Waals surface area (Å²) in [5.41, 5.74) is 4.21. The van der Waals surface area contributed by atoms with E-state index in [1.54, 1.807) is 0 Å². The van der Waals surface area contributed by atoms with E-state index < -0.39 is 0 Å². The van der Waals surface area contributed by atoms with Gasteiger partial charge in [0.1, 0.15) is 11.6 Å². The summed E-state index contributed by atoms with van der Waals surface area (Å²) in [6.45, 7) is 4.64. The van der Waals surface area contributed by atoms with Gasteiger partial charge < -0.3 is 10.1 Å². The lowest BCUT2D eigenvalue weighted by Gasteiger charge is -2.24. The number of aryl methyl sites for hydroxylation is 1. The summed E-state index contributed by atoms with van der Waals surface area (Å²) in [4.78, 5) is 12.4. The van der Waals surface area contributed by atoms with Gasteiger partial charge in [-0.25, -0.2) is 4.68 Å². The summed E-state index contributed by atoms with van der Waals surface area (Å²) in [5.74, 6) is 1.60. The summed E-state index contributed by atoms with van der Waals surface area (Å²) in [5, 5.41) is 7.57. The molecule has 1 unspecified atom stereocenters. The Morgan fingerprint density at radius 3 is 2.69 bits per heavy atom. The number of nitrogens with one attached hydrogen (secondary N) is 1. The van der Waals surface area contributed by atoms with Crippen molar-refractivity contribution >= 4 is 11.7 Å². The summed E-state index contributed by atoms with van der Waals surface area (Å²) in [6, 6.07) is 16.0. The summed E-state index contributed by atoms with van der Waals surface area (Å²) in [6.07, 6.45) is 2.28. The first-order valence-corrected chi connectivity index (χ1v) is 8.84. The summed E-state index contributed by atoms with van der Waals surface area (Å²) in [7, 11) is 0. The van der Waals surface area contributed by atoms with Crippen LogP contribution in [0.3, 0.4) is 0 Å².